The van der Waals surface area contributed by atoms with Crippen LogP contribution in [0.3, 0.4) is 0 Å². The van der Waals surface area contributed by atoms with Gasteiger partial charge in [-0.25, -0.2) is 8.78 Å². The largest absolute Gasteiger partial charge is 0.392 e. The third-order valence-corrected chi connectivity index (χ3v) is 2.90. The first kappa shape index (κ1) is 13.0. The minimum Gasteiger partial charge on any atom is -0.392 e. The Balaban J connectivity index is 2.56. The van der Waals surface area contributed by atoms with Crippen molar-refractivity contribution >= 4 is 11.6 Å². The maximum absolute atomic E-state index is 13.0. The molecule has 1 nitrogen and oxygen atoms in total. The molecule has 0 saturated carbocycles. The number of halogens is 3. The fourth-order valence-corrected chi connectivity index (χ4v) is 2.00. The van der Waals surface area contributed by atoms with Gasteiger partial charge in [0.2, 0.25) is 0 Å². The lowest BCUT2D eigenvalue weighted by atomic mass is 9.98. The highest BCUT2D eigenvalue weighted by Gasteiger charge is 2.15. The quantitative estimate of drug-likeness (QED) is 0.873. The van der Waals surface area contributed by atoms with E-state index in [1.54, 1.807) is 36.4 Å². The molecule has 1 N–H and O–H groups in total. The van der Waals surface area contributed by atoms with Gasteiger partial charge in [0.05, 0.1) is 6.61 Å². The Morgan fingerprint density at radius 1 is 1.11 bits per heavy atom. The zero-order valence-electron chi connectivity index (χ0n) is 9.41. The standard InChI is InChI=1S/C14H11ClF2O/c15-11-3-1-2-10(7-11)12-5-4-9(8-18)6-13(12)14(16)17/h1-7,14,18H,8H2. The molecule has 0 fully saturated rings. The van der Waals surface area contributed by atoms with Crippen molar-refractivity contribution in [1.29, 1.82) is 0 Å². The van der Waals surface area contributed by atoms with Gasteiger partial charge in [-0.1, -0.05) is 35.9 Å². The van der Waals surface area contributed by atoms with Crippen molar-refractivity contribution in [2.75, 3.05) is 0 Å². The third-order valence-electron chi connectivity index (χ3n) is 2.67. The molecule has 94 valence electrons. The van der Waals surface area contributed by atoms with Crippen LogP contribution < -0.4 is 0 Å². The van der Waals surface area contributed by atoms with E-state index >= 15 is 0 Å². The maximum Gasteiger partial charge on any atom is 0.264 e. The number of benzene rings is 2. The highest BCUT2D eigenvalue weighted by atomic mass is 35.5. The van der Waals surface area contributed by atoms with Gasteiger partial charge in [-0.05, 0) is 34.9 Å². The molecule has 0 bridgehead atoms. The van der Waals surface area contributed by atoms with E-state index < -0.39 is 6.43 Å². The van der Waals surface area contributed by atoms with Crippen LogP contribution in [-0.2, 0) is 6.61 Å². The summed E-state index contributed by atoms with van der Waals surface area (Å²) in [6.45, 7) is -0.254. The first-order valence-corrected chi connectivity index (χ1v) is 5.77. The molecular weight excluding hydrogens is 258 g/mol. The van der Waals surface area contributed by atoms with Gasteiger partial charge in [-0.3, -0.25) is 0 Å². The molecule has 0 saturated heterocycles. The minimum atomic E-state index is -2.59. The normalized spacial score (nSPS) is 10.9. The fourth-order valence-electron chi connectivity index (χ4n) is 1.81. The first-order valence-electron chi connectivity index (χ1n) is 5.39. The first-order chi connectivity index (χ1) is 8.61. The zero-order valence-corrected chi connectivity index (χ0v) is 10.2. The van der Waals surface area contributed by atoms with Gasteiger partial charge in [-0.2, -0.15) is 0 Å². The van der Waals surface area contributed by atoms with E-state index in [1.165, 1.54) is 6.07 Å². The van der Waals surface area contributed by atoms with Crippen LogP contribution in [0, 0.1) is 0 Å². The van der Waals surface area contributed by atoms with E-state index in [0.717, 1.165) is 0 Å². The van der Waals surface area contributed by atoms with Gasteiger partial charge in [0.25, 0.3) is 6.43 Å². The van der Waals surface area contributed by atoms with E-state index in [-0.39, 0.29) is 12.2 Å². The van der Waals surface area contributed by atoms with Gasteiger partial charge in [0.15, 0.2) is 0 Å². The number of aliphatic hydroxyl groups excluding tert-OH is 1. The number of hydrogen-bond acceptors (Lipinski definition) is 1. The highest BCUT2D eigenvalue weighted by molar-refractivity contribution is 6.30. The molecule has 0 aromatic heterocycles. The van der Waals surface area contributed by atoms with Crippen LogP contribution >= 0.6 is 11.6 Å². The van der Waals surface area contributed by atoms with E-state index in [0.29, 0.717) is 21.7 Å². The monoisotopic (exact) mass is 268 g/mol. The Hall–Kier alpha value is -1.45. The molecular formula is C14H11ClF2O. The van der Waals surface area contributed by atoms with Crippen LogP contribution in [0.4, 0.5) is 8.78 Å². The SMILES string of the molecule is OCc1ccc(-c2cccc(Cl)c2)c(C(F)F)c1. The maximum atomic E-state index is 13.0. The lowest BCUT2D eigenvalue weighted by Crippen LogP contribution is -1.93. The highest BCUT2D eigenvalue weighted by Crippen LogP contribution is 2.33. The zero-order chi connectivity index (χ0) is 13.1. The molecule has 2 aromatic rings. The van der Waals surface area contributed by atoms with Crippen molar-refractivity contribution < 1.29 is 13.9 Å². The predicted molar refractivity (Wildman–Crippen MR) is 67.8 cm³/mol. The molecule has 4 heteroatoms. The van der Waals surface area contributed by atoms with Crippen molar-refractivity contribution in [2.24, 2.45) is 0 Å². The molecule has 18 heavy (non-hydrogen) atoms. The molecule has 0 amide bonds. The van der Waals surface area contributed by atoms with Crippen molar-refractivity contribution in [2.45, 2.75) is 13.0 Å². The molecule has 0 spiro atoms. The molecule has 0 atom stereocenters. The van der Waals surface area contributed by atoms with E-state index in [9.17, 15) is 8.78 Å². The fraction of sp³-hybridized carbons (Fsp3) is 0.143. The van der Waals surface area contributed by atoms with Crippen molar-refractivity contribution in [3.8, 4) is 11.1 Å². The molecule has 2 aromatic carbocycles. The summed E-state index contributed by atoms with van der Waals surface area (Å²) in [5, 5.41) is 9.48. The number of alkyl halides is 2. The van der Waals surface area contributed by atoms with Crippen molar-refractivity contribution in [3.05, 3.63) is 58.6 Å². The molecule has 0 aliphatic heterocycles. The molecule has 0 radical (unpaired) electrons. The molecule has 0 heterocycles. The lowest BCUT2D eigenvalue weighted by Gasteiger charge is -2.11. The molecule has 2 rings (SSSR count). The summed E-state index contributed by atoms with van der Waals surface area (Å²) in [4.78, 5) is 0. The smallest absolute Gasteiger partial charge is 0.264 e. The van der Waals surface area contributed by atoms with Crippen LogP contribution in [0.15, 0.2) is 42.5 Å². The molecule has 0 unspecified atom stereocenters. The lowest BCUT2D eigenvalue weighted by molar-refractivity contribution is 0.151. The number of rotatable bonds is 3. The average molecular weight is 269 g/mol. The Bertz CT molecular complexity index is 555. The predicted octanol–water partition coefficient (Wildman–Crippen LogP) is 4.44. The number of hydrogen-bond donors (Lipinski definition) is 1. The van der Waals surface area contributed by atoms with E-state index in [2.05, 4.69) is 0 Å². The Morgan fingerprint density at radius 3 is 2.50 bits per heavy atom. The third kappa shape index (κ3) is 2.68. The summed E-state index contributed by atoms with van der Waals surface area (Å²) < 4.78 is 26.0. The van der Waals surface area contributed by atoms with Gasteiger partial charge in [0.1, 0.15) is 0 Å². The second-order valence-electron chi connectivity index (χ2n) is 3.89. The van der Waals surface area contributed by atoms with E-state index in [4.69, 9.17) is 16.7 Å². The second-order valence-corrected chi connectivity index (χ2v) is 4.33. The van der Waals surface area contributed by atoms with Crippen molar-refractivity contribution in [1.82, 2.24) is 0 Å². The summed E-state index contributed by atoms with van der Waals surface area (Å²) in [6.07, 6.45) is -2.59. The van der Waals surface area contributed by atoms with Crippen LogP contribution in [0.5, 0.6) is 0 Å². The van der Waals surface area contributed by atoms with Crippen LogP contribution in [0.2, 0.25) is 5.02 Å². The topological polar surface area (TPSA) is 20.2 Å². The molecule has 0 aliphatic carbocycles. The minimum absolute atomic E-state index is 0.0937. The van der Waals surface area contributed by atoms with E-state index in [1.807, 2.05) is 0 Å². The van der Waals surface area contributed by atoms with Crippen LogP contribution in [-0.4, -0.2) is 5.11 Å². The summed E-state index contributed by atoms with van der Waals surface area (Å²) in [5.74, 6) is 0. The summed E-state index contributed by atoms with van der Waals surface area (Å²) >= 11 is 5.86. The average Bonchev–Trinajstić information content (AvgIpc) is 2.38. The van der Waals surface area contributed by atoms with Crippen molar-refractivity contribution in [3.63, 3.8) is 0 Å². The summed E-state index contributed by atoms with van der Waals surface area (Å²) in [5.41, 5.74) is 1.45. The Labute approximate surface area is 109 Å². The second kappa shape index (κ2) is 5.46. The summed E-state index contributed by atoms with van der Waals surface area (Å²) in [7, 11) is 0. The Kier molecular flexibility index (Phi) is 3.94. The van der Waals surface area contributed by atoms with Gasteiger partial charge in [-0.15, -0.1) is 0 Å². The summed E-state index contributed by atoms with van der Waals surface area (Å²) in [6, 6.07) is 11.3. The van der Waals surface area contributed by atoms with Gasteiger partial charge < -0.3 is 5.11 Å². The Morgan fingerprint density at radius 2 is 1.89 bits per heavy atom. The van der Waals surface area contributed by atoms with Crippen LogP contribution in [0.1, 0.15) is 17.6 Å². The van der Waals surface area contributed by atoms with Gasteiger partial charge >= 0.3 is 0 Å². The van der Waals surface area contributed by atoms with Crippen LogP contribution in [0.25, 0.3) is 11.1 Å². The number of aliphatic hydroxyl groups is 1. The molecule has 0 aliphatic rings. The van der Waals surface area contributed by atoms with Gasteiger partial charge in [0, 0.05) is 10.6 Å².